The highest BCUT2D eigenvalue weighted by atomic mass is 35.5. The fourth-order valence-electron chi connectivity index (χ4n) is 3.33. The Labute approximate surface area is 154 Å². The fraction of sp³-hybridized carbons (Fsp3) is 0.294. The van der Waals surface area contributed by atoms with Gasteiger partial charge in [-0.3, -0.25) is 9.11 Å². The van der Waals surface area contributed by atoms with Crippen LogP contribution in [-0.4, -0.2) is 21.8 Å². The molecule has 1 fully saturated rings. The number of ether oxygens (including phenoxy) is 1. The van der Waals surface area contributed by atoms with Crippen LogP contribution in [0.25, 0.3) is 0 Å². The van der Waals surface area contributed by atoms with Gasteiger partial charge in [-0.2, -0.15) is 4.72 Å². The van der Waals surface area contributed by atoms with Crippen LogP contribution in [0.1, 0.15) is 18.4 Å². The maximum atomic E-state index is 10.5. The van der Waals surface area contributed by atoms with E-state index in [2.05, 4.69) is 9.62 Å². The van der Waals surface area contributed by atoms with Crippen LogP contribution in [0, 0.1) is 0 Å². The first-order valence-corrected chi connectivity index (χ1v) is 9.54. The number of nitrogens with one attached hydrogen (secondary N) is 1. The van der Waals surface area contributed by atoms with E-state index in [1.807, 2.05) is 36.4 Å². The van der Waals surface area contributed by atoms with Crippen molar-refractivity contribution in [3.63, 3.8) is 0 Å². The lowest BCUT2D eigenvalue weighted by atomic mass is 10.2. The van der Waals surface area contributed by atoms with E-state index in [-0.39, 0.29) is 18.6 Å². The van der Waals surface area contributed by atoms with Crippen molar-refractivity contribution in [3.8, 4) is 11.5 Å². The number of benzene rings is 2. The summed E-state index contributed by atoms with van der Waals surface area (Å²) in [6.07, 6.45) is 1.95. The number of fused-ring (bicyclic) bond motifs is 3. The summed E-state index contributed by atoms with van der Waals surface area (Å²) >= 11 is 0. The summed E-state index contributed by atoms with van der Waals surface area (Å²) in [5.74, 6) is 1.25. The van der Waals surface area contributed by atoms with Crippen molar-refractivity contribution in [2.45, 2.75) is 30.4 Å². The van der Waals surface area contributed by atoms with Gasteiger partial charge in [-0.1, -0.05) is 12.1 Å². The minimum atomic E-state index is -3.02. The smallest absolute Gasteiger partial charge is 0.129 e. The van der Waals surface area contributed by atoms with E-state index in [1.165, 1.54) is 0 Å². The molecule has 1 atom stereocenters. The molecule has 0 spiro atoms. The summed E-state index contributed by atoms with van der Waals surface area (Å²) < 4.78 is 29.8. The number of hydrogen-bond acceptors (Lipinski definition) is 6. The minimum Gasteiger partial charge on any atom is -0.457 e. The molecular weight excluding hydrogens is 362 g/mol. The highest BCUT2D eigenvalue weighted by molar-refractivity contribution is 8.22. The van der Waals surface area contributed by atoms with Crippen molar-refractivity contribution in [2.75, 3.05) is 11.4 Å². The van der Waals surface area contributed by atoms with E-state index >= 15 is 0 Å². The first-order valence-electron chi connectivity index (χ1n) is 8.00. The van der Waals surface area contributed by atoms with Crippen molar-refractivity contribution < 1.29 is 13.8 Å². The molecular formula is C17H22ClN3O3S. The maximum absolute atomic E-state index is 10.5. The number of halogens is 1. The molecule has 0 aliphatic carbocycles. The van der Waals surface area contributed by atoms with Crippen molar-refractivity contribution in [2.24, 2.45) is 5.73 Å². The van der Waals surface area contributed by atoms with Crippen LogP contribution in [0.2, 0.25) is 0 Å². The molecule has 0 bridgehead atoms. The standard InChI is InChI=1S/C17H21N3O3S.ClH/c18-11-12-3-1-4-13(9-12)23-14-6-7-15-16(10-14)24(21,22)19-17-5-2-8-20(15)17;/h1,3-4,6-7,9-10,17,19,21-22H,2,5,8,11,18H2;1H. The topological polar surface area (TPSA) is 91.0 Å². The lowest BCUT2D eigenvalue weighted by Gasteiger charge is -2.46. The Morgan fingerprint density at radius 1 is 1.20 bits per heavy atom. The molecule has 0 radical (unpaired) electrons. The Morgan fingerprint density at radius 3 is 2.80 bits per heavy atom. The molecule has 2 aliphatic heterocycles. The van der Waals surface area contributed by atoms with Gasteiger partial charge >= 0.3 is 0 Å². The minimum absolute atomic E-state index is 0. The Kier molecular flexibility index (Phi) is 5.15. The highest BCUT2D eigenvalue weighted by Gasteiger charge is 2.38. The quantitative estimate of drug-likeness (QED) is 0.642. The van der Waals surface area contributed by atoms with Crippen molar-refractivity contribution in [3.05, 3.63) is 48.0 Å². The van der Waals surface area contributed by atoms with Gasteiger partial charge in [0.05, 0.1) is 11.9 Å². The third kappa shape index (κ3) is 3.44. The Bertz CT molecular complexity index is 775. The normalized spacial score (nSPS) is 21.7. The number of nitrogens with zero attached hydrogens (tertiary/aromatic N) is 1. The second-order valence-corrected chi connectivity index (χ2v) is 7.87. The molecule has 2 aromatic carbocycles. The number of hydrogen-bond donors (Lipinski definition) is 4. The van der Waals surface area contributed by atoms with Gasteiger partial charge in [0.25, 0.3) is 0 Å². The van der Waals surface area contributed by atoms with Crippen molar-refractivity contribution in [1.82, 2.24) is 4.72 Å². The van der Waals surface area contributed by atoms with Crippen LogP contribution < -0.4 is 20.1 Å². The Hall–Kier alpha value is -1.48. The average molecular weight is 384 g/mol. The maximum Gasteiger partial charge on any atom is 0.129 e. The molecule has 2 aromatic rings. The summed E-state index contributed by atoms with van der Waals surface area (Å²) in [5.41, 5.74) is 7.51. The second kappa shape index (κ2) is 7.03. The van der Waals surface area contributed by atoms with Gasteiger partial charge in [0.15, 0.2) is 0 Å². The van der Waals surface area contributed by atoms with E-state index < -0.39 is 10.8 Å². The molecule has 4 rings (SSSR count). The van der Waals surface area contributed by atoms with E-state index in [0.29, 0.717) is 22.9 Å². The molecule has 0 saturated carbocycles. The first kappa shape index (κ1) is 18.3. The molecule has 2 heterocycles. The Morgan fingerprint density at radius 2 is 2.00 bits per heavy atom. The molecule has 2 aliphatic rings. The molecule has 136 valence electrons. The molecule has 5 N–H and O–H groups in total. The SMILES string of the molecule is Cl.NCc1cccc(Oc2ccc3c(c2)S(O)(O)NC2CCCN32)c1. The van der Waals surface area contributed by atoms with Crippen LogP contribution in [0.15, 0.2) is 47.4 Å². The van der Waals surface area contributed by atoms with Crippen LogP contribution in [0.4, 0.5) is 5.69 Å². The van der Waals surface area contributed by atoms with E-state index in [0.717, 1.165) is 30.6 Å². The molecule has 0 aromatic heterocycles. The van der Waals surface area contributed by atoms with E-state index in [9.17, 15) is 9.11 Å². The van der Waals surface area contributed by atoms with Gasteiger partial charge in [0.1, 0.15) is 16.4 Å². The predicted octanol–water partition coefficient (Wildman–Crippen LogP) is 3.91. The third-order valence-electron chi connectivity index (χ3n) is 4.47. The summed E-state index contributed by atoms with van der Waals surface area (Å²) in [4.78, 5) is 2.68. The average Bonchev–Trinajstić information content (AvgIpc) is 3.02. The zero-order chi connectivity index (χ0) is 16.7. The van der Waals surface area contributed by atoms with Crippen molar-refractivity contribution in [1.29, 1.82) is 0 Å². The van der Waals surface area contributed by atoms with Gasteiger partial charge in [0, 0.05) is 19.2 Å². The zero-order valence-electron chi connectivity index (χ0n) is 13.6. The summed E-state index contributed by atoms with van der Waals surface area (Å²) in [5, 5.41) is 0. The molecule has 25 heavy (non-hydrogen) atoms. The fourth-order valence-corrected chi connectivity index (χ4v) is 4.83. The summed E-state index contributed by atoms with van der Waals surface area (Å²) in [7, 11) is -3.02. The third-order valence-corrected chi connectivity index (χ3v) is 6.01. The lowest BCUT2D eigenvalue weighted by Crippen LogP contribution is -2.46. The van der Waals surface area contributed by atoms with E-state index in [4.69, 9.17) is 10.5 Å². The van der Waals surface area contributed by atoms with Gasteiger partial charge in [0.2, 0.25) is 0 Å². The predicted molar refractivity (Wildman–Crippen MR) is 103 cm³/mol. The summed E-state index contributed by atoms with van der Waals surface area (Å²) in [6, 6.07) is 13.0. The largest absolute Gasteiger partial charge is 0.457 e. The van der Waals surface area contributed by atoms with Gasteiger partial charge < -0.3 is 15.4 Å². The van der Waals surface area contributed by atoms with Crippen LogP contribution in [0.3, 0.4) is 0 Å². The second-order valence-electron chi connectivity index (χ2n) is 6.10. The van der Waals surface area contributed by atoms with Gasteiger partial charge in [-0.15, -0.1) is 23.2 Å². The molecule has 8 heteroatoms. The summed E-state index contributed by atoms with van der Waals surface area (Å²) in [6.45, 7) is 1.36. The van der Waals surface area contributed by atoms with Crippen molar-refractivity contribution >= 4 is 28.9 Å². The molecule has 1 unspecified atom stereocenters. The molecule has 0 amide bonds. The molecule has 1 saturated heterocycles. The van der Waals surface area contributed by atoms with Crippen LogP contribution in [0.5, 0.6) is 11.5 Å². The zero-order valence-corrected chi connectivity index (χ0v) is 15.2. The number of nitrogens with two attached hydrogens (primary N) is 1. The van der Waals surface area contributed by atoms with Crippen LogP contribution in [-0.2, 0) is 6.54 Å². The number of rotatable bonds is 3. The lowest BCUT2D eigenvalue weighted by molar-refractivity contribution is 0.440. The van der Waals surface area contributed by atoms with Gasteiger partial charge in [-0.05, 0) is 42.7 Å². The van der Waals surface area contributed by atoms with Crippen LogP contribution >= 0.6 is 23.2 Å². The Balaban J connectivity index is 0.00000182. The first-order chi connectivity index (χ1) is 11.6. The molecule has 6 nitrogen and oxygen atoms in total. The monoisotopic (exact) mass is 383 g/mol. The number of anilines is 1. The van der Waals surface area contributed by atoms with E-state index in [1.54, 1.807) is 6.07 Å². The highest BCUT2D eigenvalue weighted by Crippen LogP contribution is 2.55. The van der Waals surface area contributed by atoms with Gasteiger partial charge in [-0.25, -0.2) is 0 Å².